The highest BCUT2D eigenvalue weighted by molar-refractivity contribution is 9.10. The number of thiazole rings is 1. The molecule has 0 radical (unpaired) electrons. The molecule has 6 heteroatoms. The van der Waals surface area contributed by atoms with E-state index in [1.807, 2.05) is 27.7 Å². The SMILES string of the molecule is Cc1nc(Br)c(CN(C)C(=O)OC(C)(C)C)s1. The maximum Gasteiger partial charge on any atom is 0.410 e. The van der Waals surface area contributed by atoms with Crippen LogP contribution in [0.1, 0.15) is 30.7 Å². The van der Waals surface area contributed by atoms with Crippen LogP contribution in [0.4, 0.5) is 4.79 Å². The number of rotatable bonds is 2. The standard InChI is InChI=1S/C11H17BrN2O2S/c1-7-13-9(12)8(17-7)6-14(5)10(15)16-11(2,3)4/h6H2,1-5H3. The molecule has 0 unspecified atom stereocenters. The van der Waals surface area contributed by atoms with Crippen molar-refractivity contribution in [2.75, 3.05) is 7.05 Å². The molecule has 0 saturated carbocycles. The van der Waals surface area contributed by atoms with E-state index in [0.717, 1.165) is 14.5 Å². The third-order valence-electron chi connectivity index (χ3n) is 1.84. The number of halogens is 1. The Morgan fingerprint density at radius 1 is 1.53 bits per heavy atom. The molecular weight excluding hydrogens is 304 g/mol. The number of amides is 1. The van der Waals surface area contributed by atoms with Crippen molar-refractivity contribution in [3.8, 4) is 0 Å². The van der Waals surface area contributed by atoms with Crippen LogP contribution in [-0.2, 0) is 11.3 Å². The first kappa shape index (κ1) is 14.4. The van der Waals surface area contributed by atoms with Crippen molar-refractivity contribution in [3.63, 3.8) is 0 Å². The number of ether oxygens (including phenoxy) is 1. The molecule has 0 spiro atoms. The van der Waals surface area contributed by atoms with Gasteiger partial charge in [0, 0.05) is 7.05 Å². The molecule has 0 aliphatic heterocycles. The van der Waals surface area contributed by atoms with E-state index in [0.29, 0.717) is 6.54 Å². The van der Waals surface area contributed by atoms with Crippen LogP contribution in [0.2, 0.25) is 0 Å². The third kappa shape index (κ3) is 4.63. The van der Waals surface area contributed by atoms with Gasteiger partial charge in [0.15, 0.2) is 0 Å². The zero-order valence-corrected chi connectivity index (χ0v) is 13.1. The fourth-order valence-corrected chi connectivity index (χ4v) is 2.79. The predicted molar refractivity (Wildman–Crippen MR) is 72.3 cm³/mol. The molecular formula is C11H17BrN2O2S. The number of carbonyl (C=O) groups is 1. The molecule has 1 rings (SSSR count). The Kier molecular flexibility index (Phi) is 4.55. The summed E-state index contributed by atoms with van der Waals surface area (Å²) in [6.07, 6.45) is -0.324. The zero-order chi connectivity index (χ0) is 13.2. The first-order valence-corrected chi connectivity index (χ1v) is 6.86. The van der Waals surface area contributed by atoms with Gasteiger partial charge < -0.3 is 9.64 Å². The van der Waals surface area contributed by atoms with Crippen molar-refractivity contribution in [2.24, 2.45) is 0 Å². The first-order valence-electron chi connectivity index (χ1n) is 5.25. The van der Waals surface area contributed by atoms with E-state index in [1.165, 1.54) is 0 Å². The van der Waals surface area contributed by atoms with Gasteiger partial charge in [0.25, 0.3) is 0 Å². The van der Waals surface area contributed by atoms with Gasteiger partial charge in [-0.25, -0.2) is 9.78 Å². The number of hydrogen-bond acceptors (Lipinski definition) is 4. The van der Waals surface area contributed by atoms with Crippen molar-refractivity contribution in [3.05, 3.63) is 14.5 Å². The maximum absolute atomic E-state index is 11.8. The van der Waals surface area contributed by atoms with Gasteiger partial charge in [-0.05, 0) is 43.6 Å². The van der Waals surface area contributed by atoms with Gasteiger partial charge in [-0.1, -0.05) is 0 Å². The van der Waals surface area contributed by atoms with E-state index in [4.69, 9.17) is 4.74 Å². The van der Waals surface area contributed by atoms with E-state index in [2.05, 4.69) is 20.9 Å². The molecule has 96 valence electrons. The quantitative estimate of drug-likeness (QED) is 0.836. The van der Waals surface area contributed by atoms with Crippen molar-refractivity contribution < 1.29 is 9.53 Å². The summed E-state index contributed by atoms with van der Waals surface area (Å²) in [7, 11) is 1.72. The van der Waals surface area contributed by atoms with Gasteiger partial charge >= 0.3 is 6.09 Å². The van der Waals surface area contributed by atoms with Crippen molar-refractivity contribution in [2.45, 2.75) is 39.8 Å². The van der Waals surface area contributed by atoms with Crippen molar-refractivity contribution in [1.29, 1.82) is 0 Å². The largest absolute Gasteiger partial charge is 0.444 e. The van der Waals surface area contributed by atoms with Gasteiger partial charge in [0.2, 0.25) is 0 Å². The molecule has 0 aliphatic rings. The number of carbonyl (C=O) groups excluding carboxylic acids is 1. The van der Waals surface area contributed by atoms with Crippen LogP contribution in [-0.4, -0.2) is 28.6 Å². The number of nitrogens with zero attached hydrogens (tertiary/aromatic N) is 2. The molecule has 4 nitrogen and oxygen atoms in total. The smallest absolute Gasteiger partial charge is 0.410 e. The summed E-state index contributed by atoms with van der Waals surface area (Å²) in [4.78, 5) is 18.6. The van der Waals surface area contributed by atoms with Crippen molar-refractivity contribution in [1.82, 2.24) is 9.88 Å². The first-order chi connectivity index (χ1) is 7.69. The highest BCUT2D eigenvalue weighted by atomic mass is 79.9. The molecule has 0 bridgehead atoms. The minimum Gasteiger partial charge on any atom is -0.444 e. The Balaban J connectivity index is 2.63. The number of hydrogen-bond donors (Lipinski definition) is 0. The van der Waals surface area contributed by atoms with E-state index >= 15 is 0 Å². The second-order valence-electron chi connectivity index (χ2n) is 4.78. The molecule has 0 saturated heterocycles. The van der Waals surface area contributed by atoms with E-state index in [9.17, 15) is 4.79 Å². The minimum absolute atomic E-state index is 0.324. The van der Waals surface area contributed by atoms with Gasteiger partial charge in [0.05, 0.1) is 16.4 Å². The van der Waals surface area contributed by atoms with E-state index < -0.39 is 5.60 Å². The Morgan fingerprint density at radius 3 is 2.53 bits per heavy atom. The topological polar surface area (TPSA) is 42.4 Å². The Hall–Kier alpha value is -0.620. The third-order valence-corrected chi connectivity index (χ3v) is 3.72. The van der Waals surface area contributed by atoms with E-state index in [1.54, 1.807) is 23.3 Å². The number of aryl methyl sites for hydroxylation is 1. The molecule has 0 N–H and O–H groups in total. The second-order valence-corrected chi connectivity index (χ2v) is 6.82. The molecule has 0 atom stereocenters. The lowest BCUT2D eigenvalue weighted by atomic mass is 10.2. The molecule has 0 fully saturated rings. The Labute approximate surface area is 114 Å². The lowest BCUT2D eigenvalue weighted by Crippen LogP contribution is -2.33. The summed E-state index contributed by atoms with van der Waals surface area (Å²) in [5.41, 5.74) is -0.466. The Bertz CT molecular complexity index is 412. The average Bonchev–Trinajstić information content (AvgIpc) is 2.42. The van der Waals surface area contributed by atoms with Crippen LogP contribution >= 0.6 is 27.3 Å². The van der Waals surface area contributed by atoms with Crippen LogP contribution in [0.3, 0.4) is 0 Å². The summed E-state index contributed by atoms with van der Waals surface area (Å²) in [6.45, 7) is 8.00. The van der Waals surface area contributed by atoms with Crippen LogP contribution in [0, 0.1) is 6.92 Å². The molecule has 0 aromatic carbocycles. The zero-order valence-electron chi connectivity index (χ0n) is 10.7. The van der Waals surface area contributed by atoms with Gasteiger partial charge in [0.1, 0.15) is 10.2 Å². The molecule has 1 aromatic heterocycles. The average molecular weight is 321 g/mol. The summed E-state index contributed by atoms with van der Waals surface area (Å²) < 4.78 is 6.08. The lowest BCUT2D eigenvalue weighted by molar-refractivity contribution is 0.0286. The Morgan fingerprint density at radius 2 is 2.12 bits per heavy atom. The summed E-state index contributed by atoms with van der Waals surface area (Å²) >= 11 is 4.95. The fourth-order valence-electron chi connectivity index (χ4n) is 1.16. The van der Waals surface area contributed by atoms with Gasteiger partial charge in [-0.15, -0.1) is 11.3 Å². The molecule has 17 heavy (non-hydrogen) atoms. The fraction of sp³-hybridized carbons (Fsp3) is 0.636. The summed E-state index contributed by atoms with van der Waals surface area (Å²) in [5.74, 6) is 0. The van der Waals surface area contributed by atoms with Crippen LogP contribution in [0.15, 0.2) is 4.60 Å². The van der Waals surface area contributed by atoms with Crippen LogP contribution < -0.4 is 0 Å². The van der Waals surface area contributed by atoms with Crippen LogP contribution in [0.25, 0.3) is 0 Å². The van der Waals surface area contributed by atoms with Gasteiger partial charge in [-0.2, -0.15) is 0 Å². The van der Waals surface area contributed by atoms with Crippen molar-refractivity contribution >= 4 is 33.4 Å². The highest BCUT2D eigenvalue weighted by Gasteiger charge is 2.20. The molecule has 1 heterocycles. The van der Waals surface area contributed by atoms with E-state index in [-0.39, 0.29) is 6.09 Å². The molecule has 1 aromatic rings. The minimum atomic E-state index is -0.466. The van der Waals surface area contributed by atoms with Gasteiger partial charge in [-0.3, -0.25) is 0 Å². The normalized spacial score (nSPS) is 11.4. The summed E-state index contributed by atoms with van der Waals surface area (Å²) in [5, 5.41) is 0.976. The molecule has 1 amide bonds. The maximum atomic E-state index is 11.8. The second kappa shape index (κ2) is 5.35. The molecule has 0 aliphatic carbocycles. The summed E-state index contributed by atoms with van der Waals surface area (Å²) in [6, 6.07) is 0. The van der Waals surface area contributed by atoms with Crippen LogP contribution in [0.5, 0.6) is 0 Å². The lowest BCUT2D eigenvalue weighted by Gasteiger charge is -2.24. The monoisotopic (exact) mass is 320 g/mol. The predicted octanol–water partition coefficient (Wildman–Crippen LogP) is 3.58. The number of aromatic nitrogens is 1. The highest BCUT2D eigenvalue weighted by Crippen LogP contribution is 2.24.